The summed E-state index contributed by atoms with van der Waals surface area (Å²) in [6.45, 7) is 0. The number of hydrogen-bond donors (Lipinski definition) is 0. The van der Waals surface area contributed by atoms with Crippen LogP contribution in [0.1, 0.15) is 10.4 Å². The molecule has 0 heterocycles. The van der Waals surface area contributed by atoms with E-state index in [4.69, 9.17) is 0 Å². The monoisotopic (exact) mass is 186 g/mol. The highest BCUT2D eigenvalue weighted by molar-refractivity contribution is 5.89. The second kappa shape index (κ2) is 3.50. The Morgan fingerprint density at radius 2 is 1.57 bits per heavy atom. The van der Waals surface area contributed by atoms with Crippen molar-refractivity contribution in [2.24, 2.45) is 0 Å². The second-order valence-electron chi connectivity index (χ2n) is 3.05. The van der Waals surface area contributed by atoms with Gasteiger partial charge in [-0.05, 0) is 23.3 Å². The van der Waals surface area contributed by atoms with E-state index >= 15 is 0 Å². The molecule has 0 fully saturated rings. The third-order valence-corrected chi connectivity index (χ3v) is 2.19. The summed E-state index contributed by atoms with van der Waals surface area (Å²) in [6, 6.07) is 13.4. The molecule has 0 N–H and O–H groups in total. The highest BCUT2D eigenvalue weighted by Gasteiger charge is 2.05. The summed E-state index contributed by atoms with van der Waals surface area (Å²) in [5.41, 5.74) is 2.82. The number of ether oxygens (including phenoxy) is 1. The first-order chi connectivity index (χ1) is 6.81. The molecule has 0 aliphatic heterocycles. The third-order valence-electron chi connectivity index (χ3n) is 2.19. The molecule has 2 heteroatoms. The van der Waals surface area contributed by atoms with Gasteiger partial charge in [-0.1, -0.05) is 30.3 Å². The maximum atomic E-state index is 11.2. The largest absolute Gasteiger partial charge is 0.465 e. The minimum atomic E-state index is -0.303. The molecule has 2 nitrogen and oxygen atoms in total. The van der Waals surface area contributed by atoms with Crippen LogP contribution in [0, 0.1) is 0 Å². The van der Waals surface area contributed by atoms with Gasteiger partial charge in [-0.3, -0.25) is 0 Å². The first-order valence-corrected chi connectivity index (χ1v) is 4.38. The summed E-state index contributed by atoms with van der Waals surface area (Å²) >= 11 is 0. The predicted molar refractivity (Wildman–Crippen MR) is 54.4 cm³/mol. The summed E-state index contributed by atoms with van der Waals surface area (Å²) < 4.78 is 4.64. The smallest absolute Gasteiger partial charge is 0.337 e. The lowest BCUT2D eigenvalue weighted by Crippen LogP contribution is -1.98. The van der Waals surface area contributed by atoms with E-state index in [1.165, 1.54) is 7.11 Å². The molecule has 2 aliphatic rings. The van der Waals surface area contributed by atoms with Gasteiger partial charge in [-0.2, -0.15) is 0 Å². The van der Waals surface area contributed by atoms with Gasteiger partial charge in [0.25, 0.3) is 0 Å². The molecular formula is C12H10O2. The van der Waals surface area contributed by atoms with Crippen molar-refractivity contribution in [2.45, 2.75) is 0 Å². The van der Waals surface area contributed by atoms with Gasteiger partial charge in [0.05, 0.1) is 12.7 Å². The van der Waals surface area contributed by atoms with Crippen LogP contribution in [0.2, 0.25) is 0 Å². The topological polar surface area (TPSA) is 26.3 Å². The molecule has 0 spiro atoms. The summed E-state index contributed by atoms with van der Waals surface area (Å²) in [5.74, 6) is -0.303. The van der Waals surface area contributed by atoms with Crippen molar-refractivity contribution in [3.63, 3.8) is 0 Å². The van der Waals surface area contributed by atoms with E-state index in [0.717, 1.165) is 11.1 Å². The number of esters is 1. The van der Waals surface area contributed by atoms with Gasteiger partial charge >= 0.3 is 5.97 Å². The molecule has 2 aliphatic carbocycles. The van der Waals surface area contributed by atoms with Gasteiger partial charge in [0.15, 0.2) is 0 Å². The average molecular weight is 186 g/mol. The lowest BCUT2D eigenvalue weighted by Gasteiger charge is -1.93. The number of hydrogen-bond acceptors (Lipinski definition) is 2. The normalized spacial score (nSPS) is 10.1. The summed E-state index contributed by atoms with van der Waals surface area (Å²) in [7, 11) is 1.38. The molecule has 0 radical (unpaired) electrons. The van der Waals surface area contributed by atoms with Gasteiger partial charge in [0, 0.05) is 0 Å². The Morgan fingerprint density at radius 3 is 2.07 bits per heavy atom. The van der Waals surface area contributed by atoms with E-state index < -0.39 is 0 Å². The molecule has 70 valence electrons. The zero-order chi connectivity index (χ0) is 9.97. The van der Waals surface area contributed by atoms with E-state index in [9.17, 15) is 4.79 Å². The van der Waals surface area contributed by atoms with Gasteiger partial charge < -0.3 is 4.74 Å². The lowest BCUT2D eigenvalue weighted by atomic mass is 10.2. The Hall–Kier alpha value is -1.83. The van der Waals surface area contributed by atoms with Crippen LogP contribution in [0.25, 0.3) is 11.1 Å². The number of fused-ring (bicyclic) bond motifs is 1. The van der Waals surface area contributed by atoms with Crippen molar-refractivity contribution in [3.8, 4) is 11.1 Å². The van der Waals surface area contributed by atoms with Crippen molar-refractivity contribution < 1.29 is 9.53 Å². The summed E-state index contributed by atoms with van der Waals surface area (Å²) in [4.78, 5) is 11.2. The van der Waals surface area contributed by atoms with Crippen molar-refractivity contribution in [2.75, 3.05) is 7.11 Å². The van der Waals surface area contributed by atoms with Crippen LogP contribution < -0.4 is 0 Å². The van der Waals surface area contributed by atoms with Crippen LogP contribution in [-0.2, 0) is 4.74 Å². The Balaban J connectivity index is 2.51. The van der Waals surface area contributed by atoms with Crippen LogP contribution in [0.3, 0.4) is 0 Å². The Labute approximate surface area is 82.5 Å². The second-order valence-corrected chi connectivity index (χ2v) is 3.05. The molecule has 2 rings (SSSR count). The number of methoxy groups -OCH3 is 1. The Kier molecular flexibility index (Phi) is 2.19. The van der Waals surface area contributed by atoms with Crippen LogP contribution in [0.5, 0.6) is 0 Å². The first-order valence-electron chi connectivity index (χ1n) is 4.38. The maximum Gasteiger partial charge on any atom is 0.337 e. The Bertz CT molecular complexity index is 404. The number of carbonyl (C=O) groups excluding carboxylic acids is 1. The fraction of sp³-hybridized carbons (Fsp3) is 0.0833. The van der Waals surface area contributed by atoms with Crippen LogP contribution in [0.15, 0.2) is 42.5 Å². The molecular weight excluding hydrogens is 176 g/mol. The summed E-state index contributed by atoms with van der Waals surface area (Å²) in [6.07, 6.45) is 0. The molecule has 0 amide bonds. The molecule has 14 heavy (non-hydrogen) atoms. The molecule has 0 unspecified atom stereocenters. The van der Waals surface area contributed by atoms with Crippen molar-refractivity contribution in [1.82, 2.24) is 0 Å². The van der Waals surface area contributed by atoms with Gasteiger partial charge in [-0.25, -0.2) is 4.79 Å². The number of carbonyl (C=O) groups is 1. The highest BCUT2D eigenvalue weighted by Crippen LogP contribution is 2.21. The van der Waals surface area contributed by atoms with E-state index in [2.05, 4.69) is 4.74 Å². The molecule has 0 atom stereocenters. The Morgan fingerprint density at radius 1 is 1.00 bits per heavy atom. The molecule has 0 bridgehead atoms. The van der Waals surface area contributed by atoms with Gasteiger partial charge in [0.1, 0.15) is 0 Å². The average Bonchev–Trinajstić information content (AvgIpc) is 2.56. The maximum absolute atomic E-state index is 11.2. The number of rotatable bonds is 1. The minimum Gasteiger partial charge on any atom is -0.465 e. The van der Waals surface area contributed by atoms with Gasteiger partial charge in [0.2, 0.25) is 0 Å². The van der Waals surface area contributed by atoms with E-state index in [0.29, 0.717) is 5.56 Å². The summed E-state index contributed by atoms with van der Waals surface area (Å²) in [5, 5.41) is 0. The zero-order valence-corrected chi connectivity index (χ0v) is 7.86. The molecule has 0 aromatic rings. The van der Waals surface area contributed by atoms with Crippen LogP contribution >= 0.6 is 0 Å². The van der Waals surface area contributed by atoms with Gasteiger partial charge in [-0.15, -0.1) is 0 Å². The van der Waals surface area contributed by atoms with Crippen LogP contribution in [-0.4, -0.2) is 13.1 Å². The van der Waals surface area contributed by atoms with Crippen molar-refractivity contribution >= 4 is 5.97 Å². The molecule has 0 saturated carbocycles. The van der Waals surface area contributed by atoms with E-state index in [1.54, 1.807) is 12.1 Å². The van der Waals surface area contributed by atoms with Crippen LogP contribution in [0.4, 0.5) is 0 Å². The SMILES string of the molecule is COC(=O)c1ccc2cccc-2cc1. The fourth-order valence-electron chi connectivity index (χ4n) is 1.42. The lowest BCUT2D eigenvalue weighted by molar-refractivity contribution is 0.0601. The molecule has 0 aromatic carbocycles. The highest BCUT2D eigenvalue weighted by atomic mass is 16.5. The first kappa shape index (κ1) is 8.75. The third kappa shape index (κ3) is 1.46. The minimum absolute atomic E-state index is 0.303. The van der Waals surface area contributed by atoms with E-state index in [-0.39, 0.29) is 5.97 Å². The zero-order valence-electron chi connectivity index (χ0n) is 7.86. The quantitative estimate of drug-likeness (QED) is 0.640. The standard InChI is InChI=1S/C12H10O2/c1-14-12(13)11-7-5-9-3-2-4-10(9)6-8-11/h2-8H,1H3. The molecule has 0 aromatic heterocycles. The van der Waals surface area contributed by atoms with E-state index in [1.807, 2.05) is 30.3 Å². The molecule has 0 saturated heterocycles. The van der Waals surface area contributed by atoms with Crippen molar-refractivity contribution in [1.29, 1.82) is 0 Å². The predicted octanol–water partition coefficient (Wildman–Crippen LogP) is 2.58. The van der Waals surface area contributed by atoms with Crippen molar-refractivity contribution in [3.05, 3.63) is 48.0 Å². The fourth-order valence-corrected chi connectivity index (χ4v) is 1.42.